The maximum absolute atomic E-state index is 12.9. The van der Waals surface area contributed by atoms with E-state index in [-0.39, 0.29) is 18.5 Å². The van der Waals surface area contributed by atoms with Crippen LogP contribution in [0.15, 0.2) is 72.8 Å². The Morgan fingerprint density at radius 1 is 1.09 bits per heavy atom. The van der Waals surface area contributed by atoms with Crippen molar-refractivity contribution < 1.29 is 19.1 Å². The predicted molar refractivity (Wildman–Crippen MR) is 128 cm³/mol. The van der Waals surface area contributed by atoms with Gasteiger partial charge in [-0.3, -0.25) is 9.59 Å². The molecular weight excluding hydrogens is 418 g/mol. The molecular formula is C26H31N3O4. The van der Waals surface area contributed by atoms with Gasteiger partial charge in [-0.1, -0.05) is 42.5 Å². The molecule has 0 bridgehead atoms. The number of benzene rings is 2. The van der Waals surface area contributed by atoms with Crippen LogP contribution >= 0.6 is 0 Å². The van der Waals surface area contributed by atoms with E-state index in [2.05, 4.69) is 15.0 Å². The predicted octanol–water partition coefficient (Wildman–Crippen LogP) is 4.28. The second kappa shape index (κ2) is 13.1. The van der Waals surface area contributed by atoms with Gasteiger partial charge in [0, 0.05) is 37.3 Å². The number of rotatable bonds is 13. The van der Waals surface area contributed by atoms with E-state index in [9.17, 15) is 9.59 Å². The fourth-order valence-corrected chi connectivity index (χ4v) is 3.48. The SMILES string of the molecule is COC(=O)CCCC/C=C(\COc1cccc2ccccc12)C(=O)NCCCn1ccnc1. The second-order valence-electron chi connectivity index (χ2n) is 7.73. The highest BCUT2D eigenvalue weighted by molar-refractivity contribution is 5.94. The summed E-state index contributed by atoms with van der Waals surface area (Å²) < 4.78 is 12.7. The van der Waals surface area contributed by atoms with Crippen LogP contribution in [0.1, 0.15) is 32.1 Å². The van der Waals surface area contributed by atoms with Gasteiger partial charge in [-0.15, -0.1) is 0 Å². The van der Waals surface area contributed by atoms with Crippen molar-refractivity contribution in [3.63, 3.8) is 0 Å². The first-order chi connectivity index (χ1) is 16.2. The van der Waals surface area contributed by atoms with Gasteiger partial charge in [-0.2, -0.15) is 0 Å². The number of allylic oxidation sites excluding steroid dienone is 1. The van der Waals surface area contributed by atoms with Crippen molar-refractivity contribution in [1.82, 2.24) is 14.9 Å². The normalized spacial score (nSPS) is 11.4. The van der Waals surface area contributed by atoms with Gasteiger partial charge < -0.3 is 19.4 Å². The number of nitrogens with zero attached hydrogens (tertiary/aromatic N) is 2. The van der Waals surface area contributed by atoms with Gasteiger partial charge in [0.1, 0.15) is 12.4 Å². The van der Waals surface area contributed by atoms with Crippen LogP contribution in [0.2, 0.25) is 0 Å². The van der Waals surface area contributed by atoms with Gasteiger partial charge in [-0.25, -0.2) is 4.98 Å². The van der Waals surface area contributed by atoms with Gasteiger partial charge in [0.05, 0.1) is 19.0 Å². The number of methoxy groups -OCH3 is 1. The van der Waals surface area contributed by atoms with E-state index in [1.807, 2.05) is 59.3 Å². The van der Waals surface area contributed by atoms with E-state index in [1.165, 1.54) is 7.11 Å². The van der Waals surface area contributed by atoms with E-state index in [0.29, 0.717) is 31.4 Å². The van der Waals surface area contributed by atoms with Crippen molar-refractivity contribution in [3.8, 4) is 5.75 Å². The first-order valence-corrected chi connectivity index (χ1v) is 11.3. The minimum absolute atomic E-state index is 0.131. The highest BCUT2D eigenvalue weighted by Gasteiger charge is 2.11. The number of nitrogens with one attached hydrogen (secondary N) is 1. The number of aromatic nitrogens is 2. The summed E-state index contributed by atoms with van der Waals surface area (Å²) in [4.78, 5) is 28.2. The number of carbonyl (C=O) groups is 2. The molecule has 2 aromatic carbocycles. The van der Waals surface area contributed by atoms with Gasteiger partial charge in [-0.05, 0) is 37.1 Å². The highest BCUT2D eigenvalue weighted by Crippen LogP contribution is 2.25. The zero-order valence-electron chi connectivity index (χ0n) is 19.0. The number of esters is 1. The Bertz CT molecular complexity index is 1060. The number of amides is 1. The summed E-state index contributed by atoms with van der Waals surface area (Å²) in [7, 11) is 1.39. The average molecular weight is 450 g/mol. The number of hydrogen-bond donors (Lipinski definition) is 1. The lowest BCUT2D eigenvalue weighted by atomic mass is 10.1. The molecule has 0 radical (unpaired) electrons. The van der Waals surface area contributed by atoms with Crippen LogP contribution in [0.25, 0.3) is 10.8 Å². The zero-order valence-corrected chi connectivity index (χ0v) is 19.0. The zero-order chi connectivity index (χ0) is 23.3. The van der Waals surface area contributed by atoms with Crippen molar-refractivity contribution in [3.05, 3.63) is 72.8 Å². The van der Waals surface area contributed by atoms with Crippen molar-refractivity contribution in [2.45, 2.75) is 38.6 Å². The summed E-state index contributed by atoms with van der Waals surface area (Å²) in [5.74, 6) is 0.403. The van der Waals surface area contributed by atoms with Crippen molar-refractivity contribution in [2.75, 3.05) is 20.3 Å². The minimum Gasteiger partial charge on any atom is -0.488 e. The molecule has 0 aliphatic heterocycles. The molecule has 1 heterocycles. The van der Waals surface area contributed by atoms with Crippen LogP contribution in [-0.2, 0) is 20.9 Å². The van der Waals surface area contributed by atoms with E-state index >= 15 is 0 Å². The summed E-state index contributed by atoms with van der Waals surface area (Å²) >= 11 is 0. The molecule has 174 valence electrons. The highest BCUT2D eigenvalue weighted by atomic mass is 16.5. The summed E-state index contributed by atoms with van der Waals surface area (Å²) in [6, 6.07) is 13.9. The molecule has 1 aromatic heterocycles. The number of unbranched alkanes of at least 4 members (excludes halogenated alkanes) is 2. The smallest absolute Gasteiger partial charge is 0.305 e. The molecule has 0 saturated carbocycles. The lowest BCUT2D eigenvalue weighted by molar-refractivity contribution is -0.140. The van der Waals surface area contributed by atoms with Gasteiger partial charge >= 0.3 is 5.97 Å². The third kappa shape index (κ3) is 7.79. The van der Waals surface area contributed by atoms with Gasteiger partial charge in [0.15, 0.2) is 0 Å². The Morgan fingerprint density at radius 2 is 1.94 bits per heavy atom. The number of fused-ring (bicyclic) bond motifs is 1. The second-order valence-corrected chi connectivity index (χ2v) is 7.73. The molecule has 0 unspecified atom stereocenters. The number of carbonyl (C=O) groups excluding carboxylic acids is 2. The maximum Gasteiger partial charge on any atom is 0.305 e. The number of imidazole rings is 1. The first-order valence-electron chi connectivity index (χ1n) is 11.3. The van der Waals surface area contributed by atoms with E-state index in [4.69, 9.17) is 4.74 Å². The van der Waals surface area contributed by atoms with E-state index in [1.54, 1.807) is 12.5 Å². The Labute approximate surface area is 194 Å². The van der Waals surface area contributed by atoms with Crippen LogP contribution < -0.4 is 10.1 Å². The molecule has 0 atom stereocenters. The maximum atomic E-state index is 12.9. The van der Waals surface area contributed by atoms with Crippen LogP contribution in [0, 0.1) is 0 Å². The van der Waals surface area contributed by atoms with Crippen LogP contribution in [0.4, 0.5) is 0 Å². The Kier molecular flexibility index (Phi) is 9.51. The fourth-order valence-electron chi connectivity index (χ4n) is 3.48. The largest absolute Gasteiger partial charge is 0.488 e. The number of aryl methyl sites for hydroxylation is 1. The standard InChI is InChI=1S/C26H31N3O4/c1-32-25(30)14-4-2-3-10-22(26(31)28-15-8-17-29-18-16-27-20-29)19-33-24-13-7-11-21-9-5-6-12-23(21)24/h5-7,9-13,16,18,20H,2-4,8,14-15,17,19H2,1H3,(H,28,31)/b22-10+. The van der Waals surface area contributed by atoms with Crippen molar-refractivity contribution >= 4 is 22.6 Å². The third-order valence-corrected chi connectivity index (χ3v) is 5.32. The fraction of sp³-hybridized carbons (Fsp3) is 0.346. The molecule has 0 fully saturated rings. The molecule has 3 rings (SSSR count). The van der Waals surface area contributed by atoms with Crippen molar-refractivity contribution in [1.29, 1.82) is 0 Å². The topological polar surface area (TPSA) is 82.5 Å². The van der Waals surface area contributed by atoms with Crippen LogP contribution in [-0.4, -0.2) is 41.7 Å². The molecule has 0 aliphatic rings. The molecule has 0 spiro atoms. The summed E-state index contributed by atoms with van der Waals surface area (Å²) in [5.41, 5.74) is 0.587. The monoisotopic (exact) mass is 449 g/mol. The quantitative estimate of drug-likeness (QED) is 0.239. The molecule has 33 heavy (non-hydrogen) atoms. The van der Waals surface area contributed by atoms with Gasteiger partial charge in [0.25, 0.3) is 0 Å². The molecule has 1 amide bonds. The van der Waals surface area contributed by atoms with Crippen LogP contribution in [0.3, 0.4) is 0 Å². The molecule has 1 N–H and O–H groups in total. The molecule has 0 aliphatic carbocycles. The van der Waals surface area contributed by atoms with Crippen LogP contribution in [0.5, 0.6) is 5.75 Å². The molecule has 7 heteroatoms. The van der Waals surface area contributed by atoms with Crippen molar-refractivity contribution in [2.24, 2.45) is 0 Å². The minimum atomic E-state index is -0.214. The Balaban J connectivity index is 1.57. The number of hydrogen-bond acceptors (Lipinski definition) is 5. The van der Waals surface area contributed by atoms with E-state index < -0.39 is 0 Å². The van der Waals surface area contributed by atoms with Gasteiger partial charge in [0.2, 0.25) is 5.91 Å². The number of ether oxygens (including phenoxy) is 2. The molecule has 3 aromatic rings. The summed E-state index contributed by atoms with van der Waals surface area (Å²) in [6.45, 7) is 1.53. The summed E-state index contributed by atoms with van der Waals surface area (Å²) in [5, 5.41) is 5.09. The third-order valence-electron chi connectivity index (χ3n) is 5.32. The Hall–Kier alpha value is -3.61. The first kappa shape index (κ1) is 24.0. The molecule has 0 saturated heterocycles. The average Bonchev–Trinajstić information content (AvgIpc) is 3.36. The van der Waals surface area contributed by atoms with E-state index in [0.717, 1.165) is 35.9 Å². The Morgan fingerprint density at radius 3 is 2.76 bits per heavy atom. The lowest BCUT2D eigenvalue weighted by Crippen LogP contribution is -2.29. The summed E-state index contributed by atoms with van der Waals surface area (Å²) in [6.07, 6.45) is 10.7. The molecule has 7 nitrogen and oxygen atoms in total. The lowest BCUT2D eigenvalue weighted by Gasteiger charge is -2.13.